The van der Waals surface area contributed by atoms with E-state index >= 15 is 0 Å². The highest BCUT2D eigenvalue weighted by atomic mass is 17.1. The van der Waals surface area contributed by atoms with E-state index in [4.69, 9.17) is 5.26 Å². The highest BCUT2D eigenvalue weighted by molar-refractivity contribution is 5.91. The Morgan fingerprint density at radius 3 is 2.47 bits per heavy atom. The molecule has 180 valence electrons. The number of carbonyl (C=O) groups excluding carboxylic acids is 3. The van der Waals surface area contributed by atoms with Gasteiger partial charge >= 0.3 is 5.97 Å². The van der Waals surface area contributed by atoms with E-state index in [1.165, 1.54) is 31.3 Å². The van der Waals surface area contributed by atoms with Crippen LogP contribution in [0.3, 0.4) is 0 Å². The summed E-state index contributed by atoms with van der Waals surface area (Å²) in [6, 6.07) is 0. The summed E-state index contributed by atoms with van der Waals surface area (Å²) in [5, 5.41) is 7.78. The van der Waals surface area contributed by atoms with Crippen LogP contribution in [0.4, 0.5) is 0 Å². The second-order valence-corrected chi connectivity index (χ2v) is 11.2. The number of rotatable bonds is 5. The Kier molecular flexibility index (Phi) is 8.01. The van der Waals surface area contributed by atoms with Gasteiger partial charge in [-0.1, -0.05) is 39.2 Å². The first-order valence-corrected chi connectivity index (χ1v) is 12.8. The van der Waals surface area contributed by atoms with Crippen LogP contribution in [-0.2, 0) is 19.3 Å². The maximum Gasteiger partial charge on any atom is 0.342 e. The van der Waals surface area contributed by atoms with E-state index in [9.17, 15) is 14.4 Å². The molecule has 0 unspecified atom stereocenters. The standard InChI is InChI=1S/C21H30O2.C6H12O3/c1-13(22)17-6-7-18-16-5-4-14-12-15(23)8-10-20(14,2)19(16)9-11-21(17,18)3;1-2-3-4-5-6(7)9-8/h12,16-19H,4-11H2,1-3H3;8H,2-5H2,1H3/t16-,17+,18-,19-,20-,21+;/m0./s1. The van der Waals surface area contributed by atoms with Crippen LogP contribution in [0.15, 0.2) is 11.6 Å². The van der Waals surface area contributed by atoms with Crippen molar-refractivity contribution in [2.24, 2.45) is 34.5 Å². The van der Waals surface area contributed by atoms with Gasteiger partial charge in [-0.05, 0) is 93.0 Å². The minimum Gasteiger partial charge on any atom is -0.301 e. The van der Waals surface area contributed by atoms with Crippen molar-refractivity contribution < 1.29 is 24.5 Å². The lowest BCUT2D eigenvalue weighted by atomic mass is 9.47. The molecule has 0 amide bonds. The zero-order chi connectivity index (χ0) is 23.5. The fourth-order valence-corrected chi connectivity index (χ4v) is 7.79. The maximum atomic E-state index is 12.1. The number of carbonyl (C=O) groups is 3. The Hall–Kier alpha value is -1.49. The summed E-state index contributed by atoms with van der Waals surface area (Å²) in [6.07, 6.45) is 14.1. The second-order valence-electron chi connectivity index (χ2n) is 11.2. The van der Waals surface area contributed by atoms with Crippen molar-refractivity contribution in [2.75, 3.05) is 0 Å². The van der Waals surface area contributed by atoms with Gasteiger partial charge in [-0.2, -0.15) is 5.26 Å². The summed E-state index contributed by atoms with van der Waals surface area (Å²) in [5.74, 6) is 2.75. The molecule has 0 radical (unpaired) electrons. The van der Waals surface area contributed by atoms with Crippen LogP contribution in [0.2, 0.25) is 0 Å². The summed E-state index contributed by atoms with van der Waals surface area (Å²) >= 11 is 0. The molecule has 4 rings (SSSR count). The number of unbranched alkanes of at least 4 members (excludes halogenated alkanes) is 2. The Bertz CT molecular complexity index is 755. The fourth-order valence-electron chi connectivity index (χ4n) is 7.79. The molecule has 5 heteroatoms. The van der Waals surface area contributed by atoms with Crippen LogP contribution in [0, 0.1) is 34.5 Å². The van der Waals surface area contributed by atoms with E-state index in [2.05, 4.69) is 18.7 Å². The Labute approximate surface area is 193 Å². The number of allylic oxidation sites excluding steroid dienone is 1. The van der Waals surface area contributed by atoms with Gasteiger partial charge in [-0.3, -0.25) is 9.59 Å². The molecule has 0 spiro atoms. The van der Waals surface area contributed by atoms with Crippen molar-refractivity contribution in [2.45, 2.75) is 105 Å². The highest BCUT2D eigenvalue weighted by Crippen LogP contribution is 2.66. The third-order valence-electron chi connectivity index (χ3n) is 9.54. The van der Waals surface area contributed by atoms with Gasteiger partial charge in [0.05, 0.1) is 0 Å². The Morgan fingerprint density at radius 2 is 1.81 bits per heavy atom. The van der Waals surface area contributed by atoms with Crippen LogP contribution >= 0.6 is 0 Å². The molecule has 0 bridgehead atoms. The number of fused-ring (bicyclic) bond motifs is 5. The van der Waals surface area contributed by atoms with Gasteiger partial charge in [0.1, 0.15) is 5.78 Å². The van der Waals surface area contributed by atoms with Gasteiger partial charge in [0.2, 0.25) is 0 Å². The molecule has 32 heavy (non-hydrogen) atoms. The second kappa shape index (κ2) is 10.2. The maximum absolute atomic E-state index is 12.1. The molecule has 1 N–H and O–H groups in total. The van der Waals surface area contributed by atoms with Crippen LogP contribution < -0.4 is 0 Å². The predicted molar refractivity (Wildman–Crippen MR) is 124 cm³/mol. The largest absolute Gasteiger partial charge is 0.342 e. The quantitative estimate of drug-likeness (QED) is 0.304. The molecule has 4 aliphatic rings. The number of hydrogen-bond donors (Lipinski definition) is 1. The van der Waals surface area contributed by atoms with Gasteiger partial charge in [-0.15, -0.1) is 0 Å². The van der Waals surface area contributed by atoms with Crippen molar-refractivity contribution in [1.29, 1.82) is 0 Å². The van der Waals surface area contributed by atoms with E-state index < -0.39 is 5.97 Å². The minimum absolute atomic E-state index is 0.245. The third-order valence-corrected chi connectivity index (χ3v) is 9.54. The van der Waals surface area contributed by atoms with Gasteiger partial charge in [0.25, 0.3) is 0 Å². The minimum atomic E-state index is -0.538. The van der Waals surface area contributed by atoms with Crippen molar-refractivity contribution in [1.82, 2.24) is 0 Å². The molecule has 3 saturated carbocycles. The first kappa shape index (κ1) is 25.1. The molecule has 6 atom stereocenters. The summed E-state index contributed by atoms with van der Waals surface area (Å²) in [4.78, 5) is 37.7. The summed E-state index contributed by atoms with van der Waals surface area (Å²) in [7, 11) is 0. The predicted octanol–water partition coefficient (Wildman–Crippen LogP) is 6.31. The number of Topliss-reactive ketones (excluding diaryl/α,β-unsaturated/α-hetero) is 1. The van der Waals surface area contributed by atoms with Crippen LogP contribution in [0.1, 0.15) is 105 Å². The molecule has 4 aliphatic carbocycles. The lowest BCUT2D eigenvalue weighted by Crippen LogP contribution is -2.51. The Balaban J connectivity index is 0.000000275. The van der Waals surface area contributed by atoms with Gasteiger partial charge in [0, 0.05) is 18.8 Å². The van der Waals surface area contributed by atoms with Gasteiger partial charge < -0.3 is 4.89 Å². The van der Waals surface area contributed by atoms with Crippen molar-refractivity contribution in [3.8, 4) is 0 Å². The van der Waals surface area contributed by atoms with E-state index in [-0.39, 0.29) is 10.8 Å². The topological polar surface area (TPSA) is 80.7 Å². The molecule has 0 heterocycles. The van der Waals surface area contributed by atoms with Crippen molar-refractivity contribution in [3.05, 3.63) is 11.6 Å². The molecular weight excluding hydrogens is 404 g/mol. The molecule has 0 aromatic carbocycles. The molecular formula is C27H42O5. The number of hydrogen-bond acceptors (Lipinski definition) is 5. The van der Waals surface area contributed by atoms with Crippen molar-refractivity contribution in [3.63, 3.8) is 0 Å². The molecule has 5 nitrogen and oxygen atoms in total. The lowest BCUT2D eigenvalue weighted by molar-refractivity contribution is -0.234. The third kappa shape index (κ3) is 4.73. The summed E-state index contributed by atoms with van der Waals surface area (Å²) < 4.78 is 0. The van der Waals surface area contributed by atoms with Crippen LogP contribution in [0.25, 0.3) is 0 Å². The Morgan fingerprint density at radius 1 is 1.06 bits per heavy atom. The molecule has 0 saturated heterocycles. The molecule has 0 aliphatic heterocycles. The highest BCUT2D eigenvalue weighted by Gasteiger charge is 2.59. The van der Waals surface area contributed by atoms with E-state index in [1.807, 2.05) is 13.0 Å². The SMILES string of the molecule is CC(=O)[C@H]1CC[C@H]2[C@@H]3CCC4=CC(=O)CC[C@]4(C)[C@H]3CC[C@]12C.CCCCCC(=O)OO. The van der Waals surface area contributed by atoms with Crippen LogP contribution in [0.5, 0.6) is 0 Å². The molecule has 0 aromatic heterocycles. The fraction of sp³-hybridized carbons (Fsp3) is 0.815. The zero-order valence-corrected chi connectivity index (χ0v) is 20.5. The average Bonchev–Trinajstić information content (AvgIpc) is 3.12. The van der Waals surface area contributed by atoms with Gasteiger partial charge in [-0.25, -0.2) is 4.79 Å². The van der Waals surface area contributed by atoms with E-state index in [0.717, 1.165) is 62.7 Å². The van der Waals surface area contributed by atoms with Gasteiger partial charge in [0.15, 0.2) is 5.78 Å². The lowest BCUT2D eigenvalue weighted by Gasteiger charge is -2.58. The number of ketones is 2. The first-order valence-electron chi connectivity index (χ1n) is 12.8. The van der Waals surface area contributed by atoms with Crippen LogP contribution in [-0.4, -0.2) is 22.8 Å². The average molecular weight is 447 g/mol. The molecule has 0 aromatic rings. The van der Waals surface area contributed by atoms with E-state index in [0.29, 0.717) is 23.9 Å². The normalized spacial score (nSPS) is 37.8. The zero-order valence-electron chi connectivity index (χ0n) is 20.5. The van der Waals surface area contributed by atoms with E-state index in [1.54, 1.807) is 6.92 Å². The van der Waals surface area contributed by atoms with Crippen molar-refractivity contribution >= 4 is 17.5 Å². The molecule has 3 fully saturated rings. The summed E-state index contributed by atoms with van der Waals surface area (Å²) in [6.45, 7) is 8.69. The monoisotopic (exact) mass is 446 g/mol. The smallest absolute Gasteiger partial charge is 0.301 e. The first-order chi connectivity index (χ1) is 15.2. The summed E-state index contributed by atoms with van der Waals surface area (Å²) in [5.41, 5.74) is 1.95.